The predicted octanol–water partition coefficient (Wildman–Crippen LogP) is 2.90. The van der Waals surface area contributed by atoms with E-state index in [9.17, 15) is 9.59 Å². The first kappa shape index (κ1) is 17.1. The van der Waals surface area contributed by atoms with Gasteiger partial charge in [0.1, 0.15) is 5.57 Å². The summed E-state index contributed by atoms with van der Waals surface area (Å²) >= 11 is 5.21. The summed E-state index contributed by atoms with van der Waals surface area (Å²) in [5, 5.41) is 2.71. The van der Waals surface area contributed by atoms with E-state index < -0.39 is 11.8 Å². The molecule has 1 aromatic carbocycles. The van der Waals surface area contributed by atoms with E-state index in [1.54, 1.807) is 6.08 Å². The number of carbonyl (C=O) groups excluding carboxylic acids is 2. The maximum atomic E-state index is 12.9. The number of nitrogens with one attached hydrogen (secondary N) is 1. The molecule has 0 saturated carbocycles. The van der Waals surface area contributed by atoms with Gasteiger partial charge in [-0.1, -0.05) is 19.1 Å². The number of carbonyl (C=O) groups is 2. The number of hydrogen-bond acceptors (Lipinski definition) is 3. The third kappa shape index (κ3) is 3.25. The number of thiocarbonyl (C=S) groups is 1. The number of nitrogens with zero attached hydrogens (tertiary/aromatic N) is 2. The van der Waals surface area contributed by atoms with Gasteiger partial charge in [0.2, 0.25) is 0 Å². The van der Waals surface area contributed by atoms with Crippen LogP contribution in [0.2, 0.25) is 0 Å². The zero-order chi connectivity index (χ0) is 18.0. The topological polar surface area (TPSA) is 54.3 Å². The Morgan fingerprint density at radius 2 is 1.84 bits per heavy atom. The lowest BCUT2D eigenvalue weighted by Gasteiger charge is -2.29. The number of aromatic nitrogens is 1. The van der Waals surface area contributed by atoms with Gasteiger partial charge in [0.25, 0.3) is 11.8 Å². The summed E-state index contributed by atoms with van der Waals surface area (Å²) in [6.45, 7) is 4.82. The molecule has 1 aliphatic rings. The number of benzene rings is 1. The van der Waals surface area contributed by atoms with Crippen molar-refractivity contribution in [2.24, 2.45) is 0 Å². The van der Waals surface area contributed by atoms with Crippen molar-refractivity contribution in [3.8, 4) is 0 Å². The van der Waals surface area contributed by atoms with E-state index in [0.29, 0.717) is 5.69 Å². The van der Waals surface area contributed by atoms with Crippen LogP contribution in [0.1, 0.15) is 25.1 Å². The van der Waals surface area contributed by atoms with Gasteiger partial charge in [0, 0.05) is 18.4 Å². The lowest BCUT2D eigenvalue weighted by molar-refractivity contribution is -0.122. The summed E-state index contributed by atoms with van der Waals surface area (Å²) in [7, 11) is 0. The largest absolute Gasteiger partial charge is 0.348 e. The summed E-state index contributed by atoms with van der Waals surface area (Å²) < 4.78 is 1.96. The molecule has 25 heavy (non-hydrogen) atoms. The standard InChI is InChI=1S/C19H19N3O2S/c1-3-13-7-9-14(10-8-13)22-18(24)16(17(23)20-19(22)25)12-15-6-5-11-21(15)4-2/h5-12H,3-4H2,1-2H3,(H,20,23,25)/b16-12+. The van der Waals surface area contributed by atoms with E-state index in [1.807, 2.05) is 54.1 Å². The van der Waals surface area contributed by atoms with Crippen molar-refractivity contribution in [3.63, 3.8) is 0 Å². The van der Waals surface area contributed by atoms with Crippen molar-refractivity contribution >= 4 is 40.9 Å². The van der Waals surface area contributed by atoms with Crippen LogP contribution >= 0.6 is 12.2 Å². The van der Waals surface area contributed by atoms with E-state index >= 15 is 0 Å². The van der Waals surface area contributed by atoms with Gasteiger partial charge in [-0.3, -0.25) is 19.8 Å². The fourth-order valence-electron chi connectivity index (χ4n) is 2.77. The van der Waals surface area contributed by atoms with Crippen LogP contribution in [-0.4, -0.2) is 21.5 Å². The number of anilines is 1. The average molecular weight is 353 g/mol. The van der Waals surface area contributed by atoms with Gasteiger partial charge < -0.3 is 4.57 Å². The molecule has 0 atom stereocenters. The predicted molar refractivity (Wildman–Crippen MR) is 102 cm³/mol. The molecule has 0 unspecified atom stereocenters. The van der Waals surface area contributed by atoms with Crippen molar-refractivity contribution in [1.82, 2.24) is 9.88 Å². The molecule has 6 heteroatoms. The Morgan fingerprint density at radius 1 is 1.12 bits per heavy atom. The molecule has 2 heterocycles. The van der Waals surface area contributed by atoms with E-state index in [-0.39, 0.29) is 10.7 Å². The number of rotatable bonds is 4. The van der Waals surface area contributed by atoms with Crippen LogP contribution in [0, 0.1) is 0 Å². The van der Waals surface area contributed by atoms with E-state index in [4.69, 9.17) is 12.2 Å². The Bertz CT molecular complexity index is 865. The number of hydrogen-bond donors (Lipinski definition) is 1. The molecule has 1 N–H and O–H groups in total. The molecule has 0 spiro atoms. The molecule has 128 valence electrons. The Hall–Kier alpha value is -2.73. The highest BCUT2D eigenvalue weighted by Crippen LogP contribution is 2.22. The molecule has 2 amide bonds. The van der Waals surface area contributed by atoms with Crippen LogP contribution in [0.15, 0.2) is 48.2 Å². The molecule has 3 rings (SSSR count). The lowest BCUT2D eigenvalue weighted by atomic mass is 10.1. The zero-order valence-corrected chi connectivity index (χ0v) is 15.0. The van der Waals surface area contributed by atoms with Crippen molar-refractivity contribution in [1.29, 1.82) is 0 Å². The van der Waals surface area contributed by atoms with Gasteiger partial charge in [-0.15, -0.1) is 0 Å². The van der Waals surface area contributed by atoms with Crippen LogP contribution in [0.5, 0.6) is 0 Å². The Labute approximate surface area is 151 Å². The molecule has 1 aliphatic heterocycles. The maximum Gasteiger partial charge on any atom is 0.270 e. The minimum atomic E-state index is -0.472. The van der Waals surface area contributed by atoms with Gasteiger partial charge in [0.05, 0.1) is 5.69 Å². The Kier molecular flexibility index (Phi) is 4.81. The summed E-state index contributed by atoms with van der Waals surface area (Å²) in [5.74, 6) is -0.887. The first-order valence-electron chi connectivity index (χ1n) is 8.20. The summed E-state index contributed by atoms with van der Waals surface area (Å²) in [4.78, 5) is 26.6. The quantitative estimate of drug-likeness (QED) is 0.522. The highest BCUT2D eigenvalue weighted by molar-refractivity contribution is 7.80. The second kappa shape index (κ2) is 7.03. The third-order valence-corrected chi connectivity index (χ3v) is 4.49. The second-order valence-electron chi connectivity index (χ2n) is 5.70. The van der Waals surface area contributed by atoms with Crippen LogP contribution in [0.4, 0.5) is 5.69 Å². The molecule has 1 saturated heterocycles. The fourth-order valence-corrected chi connectivity index (χ4v) is 3.05. The van der Waals surface area contributed by atoms with Crippen LogP contribution < -0.4 is 10.2 Å². The first-order valence-corrected chi connectivity index (χ1v) is 8.61. The zero-order valence-electron chi connectivity index (χ0n) is 14.2. The van der Waals surface area contributed by atoms with Crippen molar-refractivity contribution in [3.05, 3.63) is 59.4 Å². The molecule has 2 aromatic rings. The van der Waals surface area contributed by atoms with Crippen molar-refractivity contribution in [2.75, 3.05) is 4.90 Å². The normalized spacial score (nSPS) is 16.5. The minimum Gasteiger partial charge on any atom is -0.348 e. The number of aryl methyl sites for hydroxylation is 2. The number of amides is 2. The monoisotopic (exact) mass is 353 g/mol. The van der Waals surface area contributed by atoms with Gasteiger partial charge in [-0.2, -0.15) is 0 Å². The first-order chi connectivity index (χ1) is 12.0. The third-order valence-electron chi connectivity index (χ3n) is 4.20. The van der Waals surface area contributed by atoms with Crippen molar-refractivity contribution < 1.29 is 9.59 Å². The molecule has 1 fully saturated rings. The molecule has 0 bridgehead atoms. The second-order valence-corrected chi connectivity index (χ2v) is 6.08. The smallest absolute Gasteiger partial charge is 0.270 e. The lowest BCUT2D eigenvalue weighted by Crippen LogP contribution is -2.54. The molecular formula is C19H19N3O2S. The van der Waals surface area contributed by atoms with Crippen molar-refractivity contribution in [2.45, 2.75) is 26.8 Å². The summed E-state index contributed by atoms with van der Waals surface area (Å²) in [5.41, 5.74) is 2.68. The Morgan fingerprint density at radius 3 is 2.48 bits per heavy atom. The maximum absolute atomic E-state index is 12.9. The molecular weight excluding hydrogens is 334 g/mol. The van der Waals surface area contributed by atoms with Crippen LogP contribution in [0.3, 0.4) is 0 Å². The average Bonchev–Trinajstić information content (AvgIpc) is 3.06. The molecule has 1 aromatic heterocycles. The SMILES string of the molecule is CCc1ccc(N2C(=O)/C(=C/c3cccn3CC)C(=O)NC2=S)cc1. The molecule has 5 nitrogen and oxygen atoms in total. The summed E-state index contributed by atoms with van der Waals surface area (Å²) in [6.07, 6.45) is 4.42. The highest BCUT2D eigenvalue weighted by Gasteiger charge is 2.34. The fraction of sp³-hybridized carbons (Fsp3) is 0.211. The Balaban J connectivity index is 1.99. The van der Waals surface area contributed by atoms with Gasteiger partial charge >= 0.3 is 0 Å². The van der Waals surface area contributed by atoms with Gasteiger partial charge in [0.15, 0.2) is 5.11 Å². The van der Waals surface area contributed by atoms with E-state index in [0.717, 1.165) is 18.7 Å². The van der Waals surface area contributed by atoms with Crippen LogP contribution in [0.25, 0.3) is 6.08 Å². The highest BCUT2D eigenvalue weighted by atomic mass is 32.1. The van der Waals surface area contributed by atoms with Gasteiger partial charge in [-0.05, 0) is 61.5 Å². The van der Waals surface area contributed by atoms with E-state index in [2.05, 4.69) is 12.2 Å². The minimum absolute atomic E-state index is 0.0709. The van der Waals surface area contributed by atoms with Crippen LogP contribution in [-0.2, 0) is 22.6 Å². The summed E-state index contributed by atoms with van der Waals surface area (Å²) in [6, 6.07) is 11.3. The van der Waals surface area contributed by atoms with Gasteiger partial charge in [-0.25, -0.2) is 0 Å². The van der Waals surface area contributed by atoms with E-state index in [1.165, 1.54) is 10.5 Å². The molecule has 0 aliphatic carbocycles. The molecule has 0 radical (unpaired) electrons.